The van der Waals surface area contributed by atoms with Crippen molar-refractivity contribution >= 4 is 37.9 Å². The van der Waals surface area contributed by atoms with Crippen molar-refractivity contribution in [2.75, 3.05) is 6.54 Å². The van der Waals surface area contributed by atoms with E-state index in [1.54, 1.807) is 18.2 Å². The monoisotopic (exact) mass is 440 g/mol. The molecule has 0 spiro atoms. The Morgan fingerprint density at radius 1 is 1.19 bits per heavy atom. The molecule has 1 amide bonds. The number of nitrogens with one attached hydrogen (secondary N) is 2. The Kier molecular flexibility index (Phi) is 7.07. The zero-order valence-corrected chi connectivity index (χ0v) is 16.4. The molecule has 2 rings (SSSR count). The van der Waals surface area contributed by atoms with Crippen molar-refractivity contribution < 1.29 is 17.6 Å². The number of amides is 1. The summed E-state index contributed by atoms with van der Waals surface area (Å²) < 4.78 is 40.2. The molecule has 0 aliphatic rings. The minimum atomic E-state index is -3.75. The van der Waals surface area contributed by atoms with Crippen LogP contribution in [-0.4, -0.2) is 20.9 Å². The molecule has 0 aliphatic carbocycles. The van der Waals surface area contributed by atoms with Crippen LogP contribution in [0.5, 0.6) is 0 Å². The topological polar surface area (TPSA) is 75.3 Å². The molecular weight excluding hydrogens is 423 g/mol. The average molecular weight is 441 g/mol. The first kappa shape index (κ1) is 20.3. The summed E-state index contributed by atoms with van der Waals surface area (Å²) in [6.07, 6.45) is 1.44. The summed E-state index contributed by atoms with van der Waals surface area (Å²) in [5.74, 6) is -1.01. The Morgan fingerprint density at radius 3 is 2.54 bits per heavy atom. The van der Waals surface area contributed by atoms with Crippen molar-refractivity contribution in [3.05, 3.63) is 74.9 Å². The van der Waals surface area contributed by atoms with E-state index in [2.05, 4.69) is 26.0 Å². The smallest absolute Gasteiger partial charge is 0.235 e. The van der Waals surface area contributed by atoms with Gasteiger partial charge in [-0.25, -0.2) is 17.5 Å². The van der Waals surface area contributed by atoms with E-state index in [1.807, 2.05) is 19.1 Å². The van der Waals surface area contributed by atoms with E-state index in [0.717, 1.165) is 16.5 Å². The molecular formula is C18H18BrFN2O3S. The zero-order chi connectivity index (χ0) is 19.2. The summed E-state index contributed by atoms with van der Waals surface area (Å²) in [7, 11) is -3.75. The maximum Gasteiger partial charge on any atom is 0.235 e. The van der Waals surface area contributed by atoms with Crippen LogP contribution in [0.2, 0.25) is 0 Å². The highest BCUT2D eigenvalue weighted by molar-refractivity contribution is 9.10. The first-order valence-corrected chi connectivity index (χ1v) is 10.0. The van der Waals surface area contributed by atoms with Gasteiger partial charge in [0.1, 0.15) is 5.82 Å². The van der Waals surface area contributed by atoms with Gasteiger partial charge in [0, 0.05) is 22.0 Å². The van der Waals surface area contributed by atoms with Crippen LogP contribution in [0.25, 0.3) is 6.08 Å². The molecule has 2 aromatic rings. The molecule has 0 aromatic heterocycles. The van der Waals surface area contributed by atoms with E-state index in [-0.39, 0.29) is 6.54 Å². The minimum absolute atomic E-state index is 0.0289. The van der Waals surface area contributed by atoms with E-state index in [1.165, 1.54) is 18.2 Å². The third-order valence-corrected chi connectivity index (χ3v) is 4.98. The van der Waals surface area contributed by atoms with Gasteiger partial charge in [0.15, 0.2) is 0 Å². The van der Waals surface area contributed by atoms with Crippen molar-refractivity contribution in [3.63, 3.8) is 0 Å². The van der Waals surface area contributed by atoms with Crippen LogP contribution in [0, 0.1) is 12.7 Å². The molecule has 0 saturated carbocycles. The molecule has 0 atom stereocenters. The zero-order valence-electron chi connectivity index (χ0n) is 14.0. The molecule has 0 saturated heterocycles. The second kappa shape index (κ2) is 9.07. The van der Waals surface area contributed by atoms with Gasteiger partial charge in [-0.05, 0) is 30.7 Å². The summed E-state index contributed by atoms with van der Waals surface area (Å²) in [5.41, 5.74) is 2.11. The number of hydrogen-bond acceptors (Lipinski definition) is 3. The van der Waals surface area contributed by atoms with Crippen LogP contribution in [0.4, 0.5) is 4.39 Å². The lowest BCUT2D eigenvalue weighted by Gasteiger charge is -2.07. The van der Waals surface area contributed by atoms with Gasteiger partial charge in [0.2, 0.25) is 15.9 Å². The number of hydrogen-bond donors (Lipinski definition) is 2. The molecule has 0 unspecified atom stereocenters. The number of halogens is 2. The third-order valence-electron chi connectivity index (χ3n) is 3.44. The molecule has 0 aliphatic heterocycles. The normalized spacial score (nSPS) is 11.7. The van der Waals surface area contributed by atoms with Crippen LogP contribution in [-0.2, 0) is 21.4 Å². The number of carbonyl (C=O) groups is 1. The molecule has 0 bridgehead atoms. The van der Waals surface area contributed by atoms with Crippen molar-refractivity contribution in [1.82, 2.24) is 10.0 Å². The third kappa shape index (κ3) is 6.70. The first-order valence-electron chi connectivity index (χ1n) is 7.70. The van der Waals surface area contributed by atoms with Gasteiger partial charge in [-0.2, -0.15) is 0 Å². The van der Waals surface area contributed by atoms with Gasteiger partial charge in [-0.15, -0.1) is 0 Å². The highest BCUT2D eigenvalue weighted by Crippen LogP contribution is 2.15. The van der Waals surface area contributed by atoms with E-state index in [0.29, 0.717) is 10.0 Å². The van der Waals surface area contributed by atoms with E-state index in [9.17, 15) is 17.6 Å². The molecule has 0 radical (unpaired) electrons. The standard InChI is InChI=1S/C18H18BrFN2O3S/c1-13-2-4-14(5-3-13)8-9-26(24,25)22-12-18(23)21-11-15-6-7-16(19)10-17(15)20/h2-10,22H,11-12H2,1H3,(H,21,23)/b9-8+. The Bertz CT molecular complexity index is 913. The number of aryl methyl sites for hydroxylation is 1. The summed E-state index contributed by atoms with van der Waals surface area (Å²) in [4.78, 5) is 11.8. The minimum Gasteiger partial charge on any atom is -0.351 e. The van der Waals surface area contributed by atoms with Gasteiger partial charge in [-0.3, -0.25) is 4.79 Å². The number of rotatable bonds is 7. The number of carbonyl (C=O) groups excluding carboxylic acids is 1. The highest BCUT2D eigenvalue weighted by Gasteiger charge is 2.10. The van der Waals surface area contributed by atoms with Gasteiger partial charge in [-0.1, -0.05) is 51.8 Å². The Morgan fingerprint density at radius 2 is 1.88 bits per heavy atom. The van der Waals surface area contributed by atoms with Gasteiger partial charge in [0.25, 0.3) is 0 Å². The fraction of sp³-hybridized carbons (Fsp3) is 0.167. The molecule has 0 fully saturated rings. The number of sulfonamides is 1. The molecule has 5 nitrogen and oxygen atoms in total. The second-order valence-electron chi connectivity index (χ2n) is 5.59. The Hall–Kier alpha value is -2.03. The lowest BCUT2D eigenvalue weighted by molar-refractivity contribution is -0.120. The highest BCUT2D eigenvalue weighted by atomic mass is 79.9. The lowest BCUT2D eigenvalue weighted by Crippen LogP contribution is -2.35. The van der Waals surface area contributed by atoms with Crippen LogP contribution in [0.3, 0.4) is 0 Å². The maximum atomic E-state index is 13.7. The van der Waals surface area contributed by atoms with Crippen LogP contribution in [0.15, 0.2) is 52.3 Å². The van der Waals surface area contributed by atoms with E-state index >= 15 is 0 Å². The summed E-state index contributed by atoms with van der Waals surface area (Å²) in [6, 6.07) is 11.8. The van der Waals surface area contributed by atoms with Gasteiger partial charge in [0.05, 0.1) is 6.54 Å². The summed E-state index contributed by atoms with van der Waals surface area (Å²) in [5, 5.41) is 3.47. The molecule has 8 heteroatoms. The van der Waals surface area contributed by atoms with Crippen molar-refractivity contribution in [1.29, 1.82) is 0 Å². The van der Waals surface area contributed by atoms with Crippen molar-refractivity contribution in [3.8, 4) is 0 Å². The first-order chi connectivity index (χ1) is 12.2. The van der Waals surface area contributed by atoms with Gasteiger partial charge >= 0.3 is 0 Å². The van der Waals surface area contributed by atoms with Crippen LogP contribution in [0.1, 0.15) is 16.7 Å². The molecule has 2 aromatic carbocycles. The lowest BCUT2D eigenvalue weighted by atomic mass is 10.2. The van der Waals surface area contributed by atoms with Crippen LogP contribution >= 0.6 is 15.9 Å². The Labute approximate surface area is 160 Å². The van der Waals surface area contributed by atoms with Crippen molar-refractivity contribution in [2.24, 2.45) is 0 Å². The van der Waals surface area contributed by atoms with E-state index < -0.39 is 28.3 Å². The predicted molar refractivity (Wildman–Crippen MR) is 103 cm³/mol. The summed E-state index contributed by atoms with van der Waals surface area (Å²) in [6.45, 7) is 1.47. The van der Waals surface area contributed by atoms with Gasteiger partial charge < -0.3 is 5.32 Å². The quantitative estimate of drug-likeness (QED) is 0.694. The predicted octanol–water partition coefficient (Wildman–Crippen LogP) is 3.10. The SMILES string of the molecule is Cc1ccc(/C=C/S(=O)(=O)NCC(=O)NCc2ccc(Br)cc2F)cc1. The largest absolute Gasteiger partial charge is 0.351 e. The molecule has 2 N–H and O–H groups in total. The average Bonchev–Trinajstić information content (AvgIpc) is 2.59. The second-order valence-corrected chi connectivity index (χ2v) is 8.16. The molecule has 138 valence electrons. The van der Waals surface area contributed by atoms with Crippen molar-refractivity contribution in [2.45, 2.75) is 13.5 Å². The number of benzene rings is 2. The molecule has 26 heavy (non-hydrogen) atoms. The fourth-order valence-corrected chi connectivity index (χ4v) is 3.08. The van der Waals surface area contributed by atoms with Crippen LogP contribution < -0.4 is 10.0 Å². The Balaban J connectivity index is 1.84. The maximum absolute atomic E-state index is 13.7. The summed E-state index contributed by atoms with van der Waals surface area (Å²) >= 11 is 3.15. The molecule has 0 heterocycles. The fourth-order valence-electron chi connectivity index (χ4n) is 1.98. The van der Waals surface area contributed by atoms with E-state index in [4.69, 9.17) is 0 Å².